The van der Waals surface area contributed by atoms with Crippen molar-refractivity contribution in [3.8, 4) is 0 Å². The Bertz CT molecular complexity index is 651. The number of aliphatic hydroxyl groups is 2. The summed E-state index contributed by atoms with van der Waals surface area (Å²) in [6.07, 6.45) is 15.2. The molecule has 4 saturated carbocycles. The van der Waals surface area contributed by atoms with Gasteiger partial charge >= 0.3 is 0 Å². The smallest absolute Gasteiger partial charge is 0.0797 e. The molecule has 4 fully saturated rings. The zero-order chi connectivity index (χ0) is 21.9. The molecule has 0 unspecified atom stereocenters. The average Bonchev–Trinajstić information content (AvgIpc) is 3.04. The molecule has 10 atom stereocenters. The summed E-state index contributed by atoms with van der Waals surface area (Å²) in [5, 5.41) is 21.1. The highest BCUT2D eigenvalue weighted by molar-refractivity contribution is 5.10. The van der Waals surface area contributed by atoms with Gasteiger partial charge in [-0.3, -0.25) is 0 Å². The van der Waals surface area contributed by atoms with Crippen molar-refractivity contribution in [1.29, 1.82) is 0 Å². The van der Waals surface area contributed by atoms with E-state index in [2.05, 4.69) is 34.3 Å². The summed E-state index contributed by atoms with van der Waals surface area (Å²) in [4.78, 5) is 0. The minimum absolute atomic E-state index is 0.430. The van der Waals surface area contributed by atoms with Gasteiger partial charge in [-0.05, 0) is 131 Å². The van der Waals surface area contributed by atoms with Gasteiger partial charge in [-0.1, -0.05) is 26.8 Å². The molecule has 0 aromatic carbocycles. The maximum atomic E-state index is 10.7. The third-order valence-corrected chi connectivity index (χ3v) is 11.3. The fourth-order valence-corrected chi connectivity index (χ4v) is 9.23. The Morgan fingerprint density at radius 1 is 1.00 bits per heavy atom. The van der Waals surface area contributed by atoms with Crippen LogP contribution in [0.1, 0.15) is 105 Å². The van der Waals surface area contributed by atoms with E-state index in [0.29, 0.717) is 16.7 Å². The Morgan fingerprint density at radius 3 is 2.40 bits per heavy atom. The lowest BCUT2D eigenvalue weighted by Crippen LogP contribution is -2.55. The predicted molar refractivity (Wildman–Crippen MR) is 125 cm³/mol. The van der Waals surface area contributed by atoms with Gasteiger partial charge in [0.2, 0.25) is 0 Å². The van der Waals surface area contributed by atoms with Gasteiger partial charge in [0.15, 0.2) is 0 Å². The Hall–Kier alpha value is -0.340. The summed E-state index contributed by atoms with van der Waals surface area (Å²) in [5.41, 5.74) is -0.205. The molecular formula is C28H48O2. The molecule has 2 nitrogen and oxygen atoms in total. The molecule has 0 aromatic rings. The normalized spacial score (nSPS) is 51.2. The van der Waals surface area contributed by atoms with Gasteiger partial charge in [-0.25, -0.2) is 0 Å². The molecule has 0 spiro atoms. The van der Waals surface area contributed by atoms with E-state index in [-0.39, 0.29) is 0 Å². The van der Waals surface area contributed by atoms with Crippen molar-refractivity contribution in [2.24, 2.45) is 46.3 Å². The van der Waals surface area contributed by atoms with Crippen LogP contribution in [0.15, 0.2) is 12.7 Å². The molecule has 0 bridgehead atoms. The molecule has 172 valence electrons. The Balaban J connectivity index is 1.48. The van der Waals surface area contributed by atoms with Crippen molar-refractivity contribution in [2.45, 2.75) is 116 Å². The topological polar surface area (TPSA) is 40.5 Å². The number of rotatable bonds is 5. The second kappa shape index (κ2) is 7.62. The fraction of sp³-hybridized carbons (Fsp3) is 0.929. The first-order chi connectivity index (χ1) is 13.9. The van der Waals surface area contributed by atoms with Crippen molar-refractivity contribution >= 4 is 0 Å². The van der Waals surface area contributed by atoms with Crippen LogP contribution in [-0.2, 0) is 0 Å². The number of fused-ring (bicyclic) bond motifs is 5. The van der Waals surface area contributed by atoms with Crippen LogP contribution in [0.2, 0.25) is 0 Å². The quantitative estimate of drug-likeness (QED) is 0.487. The van der Waals surface area contributed by atoms with Crippen LogP contribution >= 0.6 is 0 Å². The van der Waals surface area contributed by atoms with Crippen LogP contribution in [0.25, 0.3) is 0 Å². The summed E-state index contributed by atoms with van der Waals surface area (Å²) in [7, 11) is 0. The molecule has 4 aliphatic carbocycles. The van der Waals surface area contributed by atoms with Gasteiger partial charge in [-0.2, -0.15) is 0 Å². The number of hydrogen-bond acceptors (Lipinski definition) is 2. The average molecular weight is 417 g/mol. The Labute approximate surface area is 185 Å². The summed E-state index contributed by atoms with van der Waals surface area (Å²) in [5.74, 6) is 4.89. The van der Waals surface area contributed by atoms with Gasteiger partial charge in [0, 0.05) is 0 Å². The van der Waals surface area contributed by atoms with E-state index in [0.717, 1.165) is 55.3 Å². The van der Waals surface area contributed by atoms with Crippen LogP contribution in [0.5, 0.6) is 0 Å². The fourth-order valence-electron chi connectivity index (χ4n) is 9.23. The minimum Gasteiger partial charge on any atom is -0.390 e. The first-order valence-corrected chi connectivity index (χ1v) is 13.0. The summed E-state index contributed by atoms with van der Waals surface area (Å²) >= 11 is 0. The molecule has 0 aromatic heterocycles. The maximum Gasteiger partial charge on any atom is 0.0797 e. The SMILES string of the molecule is C=C[C@](C)(O)CC[C@@H](C)[C@H]1CC[C@H]2[C@@H]3CC[C@H]4C[C@@](C)(O)CC[C@]4(C)[C@H]3CC[C@]12C. The van der Waals surface area contributed by atoms with Crippen molar-refractivity contribution < 1.29 is 10.2 Å². The van der Waals surface area contributed by atoms with Crippen molar-refractivity contribution in [3.63, 3.8) is 0 Å². The van der Waals surface area contributed by atoms with Gasteiger partial charge in [-0.15, -0.1) is 6.58 Å². The molecule has 2 N–H and O–H groups in total. The highest BCUT2D eigenvalue weighted by Crippen LogP contribution is 2.68. The summed E-state index contributed by atoms with van der Waals surface area (Å²) in [6.45, 7) is 15.5. The molecule has 0 heterocycles. The highest BCUT2D eigenvalue weighted by Gasteiger charge is 2.61. The lowest BCUT2D eigenvalue weighted by molar-refractivity contribution is -0.148. The van der Waals surface area contributed by atoms with E-state index < -0.39 is 11.2 Å². The first-order valence-electron chi connectivity index (χ1n) is 13.0. The van der Waals surface area contributed by atoms with Crippen molar-refractivity contribution in [1.82, 2.24) is 0 Å². The molecule has 2 heteroatoms. The van der Waals surface area contributed by atoms with E-state index in [1.807, 2.05) is 6.92 Å². The van der Waals surface area contributed by atoms with Crippen LogP contribution in [0.3, 0.4) is 0 Å². The van der Waals surface area contributed by atoms with E-state index in [1.54, 1.807) is 6.08 Å². The standard InChI is InChI=1S/C28H48O2/c1-7-25(3,29)14-12-19(2)22-10-11-23-21-9-8-20-18-26(4,30)16-17-27(20,5)24(21)13-15-28(22,23)6/h7,19-24,29-30H,1,8-18H2,2-6H3/t19-,20+,21+,22-,23+,24+,25+,26+,27+,28-/m1/s1. The van der Waals surface area contributed by atoms with Gasteiger partial charge in [0.25, 0.3) is 0 Å². The molecule has 4 rings (SSSR count). The van der Waals surface area contributed by atoms with Crippen LogP contribution < -0.4 is 0 Å². The van der Waals surface area contributed by atoms with Gasteiger partial charge in [0.05, 0.1) is 11.2 Å². The molecule has 30 heavy (non-hydrogen) atoms. The van der Waals surface area contributed by atoms with E-state index in [4.69, 9.17) is 0 Å². The van der Waals surface area contributed by atoms with E-state index in [1.165, 1.54) is 44.9 Å². The maximum absolute atomic E-state index is 10.7. The van der Waals surface area contributed by atoms with E-state index in [9.17, 15) is 10.2 Å². The molecule has 0 radical (unpaired) electrons. The minimum atomic E-state index is -0.722. The first kappa shape index (κ1) is 22.8. The predicted octanol–water partition coefficient (Wildman–Crippen LogP) is 6.75. The summed E-state index contributed by atoms with van der Waals surface area (Å²) < 4.78 is 0. The van der Waals surface area contributed by atoms with Crippen LogP contribution in [0, 0.1) is 46.3 Å². The zero-order valence-corrected chi connectivity index (χ0v) is 20.4. The van der Waals surface area contributed by atoms with Crippen LogP contribution in [0.4, 0.5) is 0 Å². The molecule has 0 amide bonds. The van der Waals surface area contributed by atoms with Gasteiger partial charge in [0.1, 0.15) is 0 Å². The highest BCUT2D eigenvalue weighted by atomic mass is 16.3. The lowest BCUT2D eigenvalue weighted by Gasteiger charge is -2.62. The van der Waals surface area contributed by atoms with Crippen LogP contribution in [-0.4, -0.2) is 21.4 Å². The summed E-state index contributed by atoms with van der Waals surface area (Å²) in [6, 6.07) is 0. The second-order valence-electron chi connectivity index (χ2n) is 13.2. The second-order valence-corrected chi connectivity index (χ2v) is 13.2. The number of hydrogen-bond donors (Lipinski definition) is 2. The zero-order valence-electron chi connectivity index (χ0n) is 20.4. The lowest BCUT2D eigenvalue weighted by atomic mass is 9.43. The van der Waals surface area contributed by atoms with E-state index >= 15 is 0 Å². The Morgan fingerprint density at radius 2 is 1.70 bits per heavy atom. The molecule has 0 aliphatic heterocycles. The monoisotopic (exact) mass is 416 g/mol. The molecular weight excluding hydrogens is 368 g/mol. The Kier molecular flexibility index (Phi) is 5.80. The van der Waals surface area contributed by atoms with Crippen molar-refractivity contribution in [2.75, 3.05) is 0 Å². The molecule has 4 aliphatic rings. The van der Waals surface area contributed by atoms with Gasteiger partial charge < -0.3 is 10.2 Å². The molecule has 0 saturated heterocycles. The third kappa shape index (κ3) is 3.72. The third-order valence-electron chi connectivity index (χ3n) is 11.3. The largest absolute Gasteiger partial charge is 0.390 e. The van der Waals surface area contributed by atoms with Crippen molar-refractivity contribution in [3.05, 3.63) is 12.7 Å².